The summed E-state index contributed by atoms with van der Waals surface area (Å²) in [6, 6.07) is 15.6. The summed E-state index contributed by atoms with van der Waals surface area (Å²) < 4.78 is 11.3. The van der Waals surface area contributed by atoms with E-state index in [1.165, 1.54) is 4.90 Å². The number of thioether (sulfide) groups is 1. The highest BCUT2D eigenvalue weighted by atomic mass is 32.2. The van der Waals surface area contributed by atoms with Crippen molar-refractivity contribution in [3.05, 3.63) is 59.7 Å². The van der Waals surface area contributed by atoms with Gasteiger partial charge in [-0.2, -0.15) is 0 Å². The summed E-state index contributed by atoms with van der Waals surface area (Å²) in [6.45, 7) is 3.00. The van der Waals surface area contributed by atoms with Gasteiger partial charge in [0.2, 0.25) is 5.91 Å². The highest BCUT2D eigenvalue weighted by Gasteiger charge is 2.39. The van der Waals surface area contributed by atoms with Gasteiger partial charge in [-0.05, 0) is 36.1 Å². The molecule has 3 rings (SSSR count). The van der Waals surface area contributed by atoms with E-state index in [9.17, 15) is 9.59 Å². The molecule has 2 amide bonds. The molecule has 0 bridgehead atoms. The summed E-state index contributed by atoms with van der Waals surface area (Å²) in [5.74, 6) is 1.19. The molecular formula is C22H25NO4S. The predicted molar refractivity (Wildman–Crippen MR) is 111 cm³/mol. The Morgan fingerprint density at radius 3 is 2.54 bits per heavy atom. The van der Waals surface area contributed by atoms with E-state index in [0.717, 1.165) is 35.7 Å². The smallest absolute Gasteiger partial charge is 0.289 e. The molecule has 0 N–H and O–H groups in total. The van der Waals surface area contributed by atoms with Crippen LogP contribution in [0.1, 0.15) is 30.9 Å². The normalized spacial score (nSPS) is 16.5. The Hall–Kier alpha value is -2.47. The number of nitrogens with zero attached hydrogens (tertiary/aromatic N) is 1. The van der Waals surface area contributed by atoms with E-state index >= 15 is 0 Å². The second-order valence-electron chi connectivity index (χ2n) is 6.68. The monoisotopic (exact) mass is 399 g/mol. The zero-order valence-corrected chi connectivity index (χ0v) is 17.0. The van der Waals surface area contributed by atoms with Crippen molar-refractivity contribution >= 4 is 22.9 Å². The Morgan fingerprint density at radius 1 is 1.04 bits per heavy atom. The van der Waals surface area contributed by atoms with Crippen LogP contribution >= 0.6 is 11.8 Å². The molecule has 0 spiro atoms. The topological polar surface area (TPSA) is 55.8 Å². The number of amides is 2. The largest absolute Gasteiger partial charge is 0.493 e. The number of methoxy groups -OCH3 is 1. The molecule has 2 aromatic rings. The number of benzene rings is 2. The lowest BCUT2D eigenvalue weighted by Gasteiger charge is -2.14. The van der Waals surface area contributed by atoms with Crippen LogP contribution in [-0.2, 0) is 17.8 Å². The lowest BCUT2D eigenvalue weighted by atomic mass is 10.1. The zero-order valence-electron chi connectivity index (χ0n) is 16.2. The van der Waals surface area contributed by atoms with Crippen molar-refractivity contribution in [3.63, 3.8) is 0 Å². The molecule has 1 atom stereocenters. The van der Waals surface area contributed by atoms with Gasteiger partial charge in [0, 0.05) is 6.54 Å². The number of hydrogen-bond acceptors (Lipinski definition) is 5. The number of rotatable bonds is 9. The number of carbonyl (C=O) groups is 2. The molecule has 2 aromatic carbocycles. The van der Waals surface area contributed by atoms with Crippen LogP contribution in [0.2, 0.25) is 0 Å². The molecule has 1 aliphatic rings. The van der Waals surface area contributed by atoms with Crippen LogP contribution in [-0.4, -0.2) is 35.0 Å². The van der Waals surface area contributed by atoms with Gasteiger partial charge in [0.1, 0.15) is 6.61 Å². The molecule has 0 aromatic heterocycles. The maximum atomic E-state index is 12.5. The minimum absolute atomic E-state index is 0.0909. The molecule has 28 heavy (non-hydrogen) atoms. The van der Waals surface area contributed by atoms with Gasteiger partial charge < -0.3 is 9.47 Å². The summed E-state index contributed by atoms with van der Waals surface area (Å²) in [7, 11) is 1.60. The Labute approximate surface area is 170 Å². The van der Waals surface area contributed by atoms with E-state index in [-0.39, 0.29) is 16.4 Å². The van der Waals surface area contributed by atoms with Gasteiger partial charge in [0.15, 0.2) is 11.5 Å². The van der Waals surface area contributed by atoms with Crippen LogP contribution in [0.4, 0.5) is 4.79 Å². The van der Waals surface area contributed by atoms with Crippen LogP contribution in [0.15, 0.2) is 48.5 Å². The maximum absolute atomic E-state index is 12.5. The molecule has 1 fully saturated rings. The van der Waals surface area contributed by atoms with E-state index in [4.69, 9.17) is 9.47 Å². The Bertz CT molecular complexity index is 825. The fraction of sp³-hybridized carbons (Fsp3) is 0.364. The minimum atomic E-state index is -0.370. The van der Waals surface area contributed by atoms with E-state index in [0.29, 0.717) is 31.1 Å². The van der Waals surface area contributed by atoms with Crippen molar-refractivity contribution in [2.45, 2.75) is 38.0 Å². The number of imide groups is 1. The van der Waals surface area contributed by atoms with Crippen LogP contribution in [0.5, 0.6) is 11.5 Å². The van der Waals surface area contributed by atoms with E-state index in [1.54, 1.807) is 7.11 Å². The van der Waals surface area contributed by atoms with Gasteiger partial charge in [0.05, 0.1) is 12.4 Å². The van der Waals surface area contributed by atoms with E-state index < -0.39 is 0 Å². The van der Waals surface area contributed by atoms with Gasteiger partial charge >= 0.3 is 0 Å². The first kappa shape index (κ1) is 20.3. The lowest BCUT2D eigenvalue weighted by molar-refractivity contribution is -0.126. The molecular weight excluding hydrogens is 374 g/mol. The van der Waals surface area contributed by atoms with Crippen LogP contribution < -0.4 is 9.47 Å². The average Bonchev–Trinajstić information content (AvgIpc) is 2.98. The van der Waals surface area contributed by atoms with Gasteiger partial charge in [-0.3, -0.25) is 14.5 Å². The molecule has 1 heterocycles. The molecule has 1 saturated heterocycles. The van der Waals surface area contributed by atoms with E-state index in [2.05, 4.69) is 0 Å². The molecule has 6 heteroatoms. The first-order valence-corrected chi connectivity index (χ1v) is 10.4. The number of unbranched alkanes of at least 4 members (excludes halogenated alkanes) is 1. The first-order valence-electron chi connectivity index (χ1n) is 9.48. The maximum Gasteiger partial charge on any atom is 0.289 e. The van der Waals surface area contributed by atoms with Gasteiger partial charge in [0.25, 0.3) is 5.24 Å². The molecule has 1 aliphatic heterocycles. The molecule has 0 unspecified atom stereocenters. The fourth-order valence-electron chi connectivity index (χ4n) is 3.05. The van der Waals surface area contributed by atoms with Gasteiger partial charge in [-0.15, -0.1) is 0 Å². The van der Waals surface area contributed by atoms with Crippen molar-refractivity contribution in [1.29, 1.82) is 0 Å². The SMILES string of the molecule is CCCCN1C(=O)S[C@H](Cc2ccc(OCc3ccccc3)c(OC)c2)C1=O. The molecule has 148 valence electrons. The van der Waals surface area contributed by atoms with Crippen LogP contribution in [0.3, 0.4) is 0 Å². The Morgan fingerprint density at radius 2 is 1.82 bits per heavy atom. The van der Waals surface area contributed by atoms with Crippen molar-refractivity contribution in [1.82, 2.24) is 4.90 Å². The van der Waals surface area contributed by atoms with Gasteiger partial charge in [-0.25, -0.2) is 0 Å². The highest BCUT2D eigenvalue weighted by molar-refractivity contribution is 8.15. The minimum Gasteiger partial charge on any atom is -0.493 e. The second-order valence-corrected chi connectivity index (χ2v) is 7.83. The Kier molecular flexibility index (Phi) is 6.98. The summed E-state index contributed by atoms with van der Waals surface area (Å²) in [5.41, 5.74) is 2.02. The second kappa shape index (κ2) is 9.64. The average molecular weight is 400 g/mol. The standard InChI is InChI=1S/C22H25NO4S/c1-3-4-12-23-21(24)20(28-22(23)25)14-17-10-11-18(19(13-17)26-2)27-15-16-8-6-5-7-9-16/h5-11,13,20H,3-4,12,14-15H2,1-2H3/t20-/m1/s1. The highest BCUT2D eigenvalue weighted by Crippen LogP contribution is 2.33. The predicted octanol–water partition coefficient (Wildman–Crippen LogP) is 4.68. The summed E-state index contributed by atoms with van der Waals surface area (Å²) in [4.78, 5) is 26.0. The van der Waals surface area contributed by atoms with Crippen molar-refractivity contribution in [2.75, 3.05) is 13.7 Å². The number of carbonyl (C=O) groups excluding carboxylic acids is 2. The molecule has 0 radical (unpaired) electrons. The lowest BCUT2D eigenvalue weighted by Crippen LogP contribution is -2.33. The third-order valence-electron chi connectivity index (χ3n) is 4.63. The van der Waals surface area contributed by atoms with Crippen molar-refractivity contribution in [3.8, 4) is 11.5 Å². The summed E-state index contributed by atoms with van der Waals surface area (Å²) in [6.07, 6.45) is 2.28. The van der Waals surface area contributed by atoms with Gasteiger partial charge in [-0.1, -0.05) is 61.5 Å². The van der Waals surface area contributed by atoms with Crippen molar-refractivity contribution < 1.29 is 19.1 Å². The quantitative estimate of drug-likeness (QED) is 0.613. The zero-order chi connectivity index (χ0) is 19.9. The number of ether oxygens (including phenoxy) is 2. The summed E-state index contributed by atoms with van der Waals surface area (Å²) in [5, 5.41) is -0.511. The molecule has 0 saturated carbocycles. The fourth-order valence-corrected chi connectivity index (χ4v) is 4.11. The first-order chi connectivity index (χ1) is 13.6. The molecule has 5 nitrogen and oxygen atoms in total. The van der Waals surface area contributed by atoms with Crippen molar-refractivity contribution in [2.24, 2.45) is 0 Å². The van der Waals surface area contributed by atoms with Crippen LogP contribution in [0, 0.1) is 0 Å². The summed E-state index contributed by atoms with van der Waals surface area (Å²) >= 11 is 1.12. The third-order valence-corrected chi connectivity index (χ3v) is 5.70. The van der Waals surface area contributed by atoms with E-state index in [1.807, 2.05) is 55.5 Å². The number of hydrogen-bond donors (Lipinski definition) is 0. The molecule has 0 aliphatic carbocycles. The Balaban J connectivity index is 1.65. The third kappa shape index (κ3) is 4.87. The van der Waals surface area contributed by atoms with Crippen LogP contribution in [0.25, 0.3) is 0 Å².